The second-order valence-corrected chi connectivity index (χ2v) is 7.47. The molecule has 0 saturated heterocycles. The number of nitrogens with zero attached hydrogens (tertiary/aromatic N) is 3. The van der Waals surface area contributed by atoms with E-state index in [1.807, 2.05) is 19.0 Å². The van der Waals surface area contributed by atoms with E-state index in [1.165, 1.54) is 32.3 Å². The molecule has 0 heterocycles. The van der Waals surface area contributed by atoms with E-state index in [0.29, 0.717) is 13.1 Å². The van der Waals surface area contributed by atoms with Crippen LogP contribution in [-0.2, 0) is 15.0 Å². The number of hydrogen-bond acceptors (Lipinski definition) is 4. The molecule has 23 heavy (non-hydrogen) atoms. The lowest BCUT2D eigenvalue weighted by molar-refractivity contribution is -0.119. The molecule has 1 N–H and O–H groups in total. The highest BCUT2D eigenvalue weighted by molar-refractivity contribution is 7.90. The van der Waals surface area contributed by atoms with Crippen molar-refractivity contribution in [2.24, 2.45) is 0 Å². The van der Waals surface area contributed by atoms with Crippen LogP contribution in [0.5, 0.6) is 0 Å². The number of benzene rings is 1. The fourth-order valence-corrected chi connectivity index (χ4v) is 2.82. The number of anilines is 1. The predicted octanol–water partition coefficient (Wildman–Crippen LogP) is 0.116. The van der Waals surface area contributed by atoms with Crippen LogP contribution in [0.15, 0.2) is 24.3 Å². The van der Waals surface area contributed by atoms with E-state index in [0.717, 1.165) is 14.7 Å². The fraction of sp³-hybridized carbons (Fsp3) is 0.500. The highest BCUT2D eigenvalue weighted by Crippen LogP contribution is 2.22. The van der Waals surface area contributed by atoms with Gasteiger partial charge in [-0.15, -0.1) is 0 Å². The maximum atomic E-state index is 14.0. The minimum Gasteiger partial charge on any atom is -0.353 e. The van der Waals surface area contributed by atoms with Crippen LogP contribution in [-0.4, -0.2) is 71.4 Å². The summed E-state index contributed by atoms with van der Waals surface area (Å²) in [6.45, 7) is 0.500. The van der Waals surface area contributed by atoms with Gasteiger partial charge < -0.3 is 10.2 Å². The summed E-state index contributed by atoms with van der Waals surface area (Å²) in [5.41, 5.74) is -0.163. The first-order valence-electron chi connectivity index (χ1n) is 7.02. The third-order valence-corrected chi connectivity index (χ3v) is 4.84. The number of likely N-dealkylation sites (N-methyl/N-ethyl adjacent to an activating group) is 1. The zero-order chi connectivity index (χ0) is 17.6. The molecule has 1 aromatic carbocycles. The largest absolute Gasteiger partial charge is 0.353 e. The number of rotatable bonds is 8. The zero-order valence-corrected chi connectivity index (χ0v) is 14.6. The lowest BCUT2D eigenvalue weighted by Gasteiger charge is -2.27. The molecule has 0 aromatic heterocycles. The molecule has 130 valence electrons. The summed E-state index contributed by atoms with van der Waals surface area (Å²) >= 11 is 0. The monoisotopic (exact) mass is 346 g/mol. The first kappa shape index (κ1) is 19.3. The van der Waals surface area contributed by atoms with Gasteiger partial charge >= 0.3 is 10.2 Å². The van der Waals surface area contributed by atoms with E-state index in [9.17, 15) is 17.6 Å². The normalized spacial score (nSPS) is 11.8. The molecule has 9 heteroatoms. The molecule has 0 bridgehead atoms. The first-order valence-corrected chi connectivity index (χ1v) is 8.42. The van der Waals surface area contributed by atoms with Crippen molar-refractivity contribution in [2.45, 2.75) is 0 Å². The number of hydrogen-bond donors (Lipinski definition) is 1. The summed E-state index contributed by atoms with van der Waals surface area (Å²) in [6.07, 6.45) is 0. The maximum Gasteiger partial charge on any atom is 0.304 e. The van der Waals surface area contributed by atoms with Gasteiger partial charge in [0.05, 0.1) is 5.69 Å². The Morgan fingerprint density at radius 3 is 2.30 bits per heavy atom. The molecular weight excluding hydrogens is 323 g/mol. The van der Waals surface area contributed by atoms with Gasteiger partial charge in [0, 0.05) is 27.2 Å². The van der Waals surface area contributed by atoms with E-state index in [4.69, 9.17) is 0 Å². The molecule has 7 nitrogen and oxygen atoms in total. The van der Waals surface area contributed by atoms with E-state index >= 15 is 0 Å². The smallest absolute Gasteiger partial charge is 0.304 e. The molecule has 0 aliphatic heterocycles. The molecule has 0 unspecified atom stereocenters. The third kappa shape index (κ3) is 5.45. The number of carbonyl (C=O) groups excluding carboxylic acids is 1. The maximum absolute atomic E-state index is 14.0. The van der Waals surface area contributed by atoms with Crippen molar-refractivity contribution in [3.8, 4) is 0 Å². The van der Waals surface area contributed by atoms with E-state index in [-0.39, 0.29) is 5.69 Å². The number of halogens is 1. The Bertz CT molecular complexity index is 635. The van der Waals surface area contributed by atoms with Gasteiger partial charge in [-0.2, -0.15) is 12.7 Å². The first-order chi connectivity index (χ1) is 10.7. The topological polar surface area (TPSA) is 73.0 Å². The number of carbonyl (C=O) groups is 1. The molecular formula is C14H23FN4O3S. The Balaban J connectivity index is 2.99. The van der Waals surface area contributed by atoms with Gasteiger partial charge in [0.1, 0.15) is 12.4 Å². The second-order valence-electron chi connectivity index (χ2n) is 5.40. The summed E-state index contributed by atoms with van der Waals surface area (Å²) in [5.74, 6) is -1.21. The van der Waals surface area contributed by atoms with Crippen LogP contribution in [0.3, 0.4) is 0 Å². The zero-order valence-electron chi connectivity index (χ0n) is 13.8. The van der Waals surface area contributed by atoms with Crippen LogP contribution >= 0.6 is 0 Å². The summed E-state index contributed by atoms with van der Waals surface area (Å²) in [4.78, 5) is 13.9. The highest BCUT2D eigenvalue weighted by Gasteiger charge is 2.29. The van der Waals surface area contributed by atoms with Crippen molar-refractivity contribution in [2.75, 3.05) is 52.1 Å². The van der Waals surface area contributed by atoms with E-state index in [2.05, 4.69) is 5.32 Å². The Morgan fingerprint density at radius 2 is 1.78 bits per heavy atom. The number of nitrogens with one attached hydrogen (secondary N) is 1. The molecule has 1 rings (SSSR count). The fourth-order valence-electron chi connectivity index (χ4n) is 1.75. The van der Waals surface area contributed by atoms with Crippen LogP contribution in [0.2, 0.25) is 0 Å². The predicted molar refractivity (Wildman–Crippen MR) is 87.9 cm³/mol. The van der Waals surface area contributed by atoms with Gasteiger partial charge in [0.25, 0.3) is 0 Å². The molecule has 0 radical (unpaired) electrons. The summed E-state index contributed by atoms with van der Waals surface area (Å²) in [6, 6.07) is 5.44. The standard InChI is InChI=1S/C14H23FN4O3S/c1-17(2)10-9-16-14(20)11-19(23(21,22)18(3)4)13-8-6-5-7-12(13)15/h5-8H,9-11H2,1-4H3,(H,16,20). The summed E-state index contributed by atoms with van der Waals surface area (Å²) < 4.78 is 40.5. The van der Waals surface area contributed by atoms with Gasteiger partial charge in [-0.1, -0.05) is 12.1 Å². The van der Waals surface area contributed by atoms with Gasteiger partial charge in [-0.05, 0) is 26.2 Å². The van der Waals surface area contributed by atoms with E-state index in [1.54, 1.807) is 0 Å². The second kappa shape index (κ2) is 8.23. The van der Waals surface area contributed by atoms with Gasteiger partial charge in [0.2, 0.25) is 5.91 Å². The van der Waals surface area contributed by atoms with Crippen molar-refractivity contribution < 1.29 is 17.6 Å². The van der Waals surface area contributed by atoms with Crippen LogP contribution in [0.4, 0.5) is 10.1 Å². The van der Waals surface area contributed by atoms with Gasteiger partial charge in [-0.25, -0.2) is 8.70 Å². The minimum absolute atomic E-state index is 0.163. The van der Waals surface area contributed by atoms with Crippen LogP contribution in [0.25, 0.3) is 0 Å². The molecule has 1 amide bonds. The molecule has 0 atom stereocenters. The lowest BCUT2D eigenvalue weighted by atomic mass is 10.3. The molecule has 0 aliphatic rings. The molecule has 0 aliphatic carbocycles. The Kier molecular flexibility index (Phi) is 6.92. The van der Waals surface area contributed by atoms with Crippen molar-refractivity contribution >= 4 is 21.8 Å². The van der Waals surface area contributed by atoms with Crippen LogP contribution < -0.4 is 9.62 Å². The SMILES string of the molecule is CN(C)CCNC(=O)CN(c1ccccc1F)S(=O)(=O)N(C)C. The highest BCUT2D eigenvalue weighted by atomic mass is 32.2. The van der Waals surface area contributed by atoms with Crippen molar-refractivity contribution in [1.82, 2.24) is 14.5 Å². The van der Waals surface area contributed by atoms with Crippen LogP contribution in [0, 0.1) is 5.82 Å². The minimum atomic E-state index is -4.00. The summed E-state index contributed by atoms with van der Waals surface area (Å²) in [7, 11) is 2.37. The summed E-state index contributed by atoms with van der Waals surface area (Å²) in [5, 5.41) is 2.62. The quantitative estimate of drug-likeness (QED) is 0.725. The van der Waals surface area contributed by atoms with Crippen molar-refractivity contribution in [3.05, 3.63) is 30.1 Å². The van der Waals surface area contributed by atoms with Gasteiger partial charge in [-0.3, -0.25) is 4.79 Å². The van der Waals surface area contributed by atoms with Crippen LogP contribution in [0.1, 0.15) is 0 Å². The lowest BCUT2D eigenvalue weighted by Crippen LogP contribution is -2.46. The van der Waals surface area contributed by atoms with Crippen molar-refractivity contribution in [1.29, 1.82) is 0 Å². The van der Waals surface area contributed by atoms with Gasteiger partial charge in [0.15, 0.2) is 0 Å². The number of amides is 1. The third-order valence-electron chi connectivity index (χ3n) is 3.03. The Morgan fingerprint density at radius 1 is 1.17 bits per heavy atom. The number of para-hydroxylation sites is 1. The molecule has 0 spiro atoms. The molecule has 1 aromatic rings. The molecule has 0 saturated carbocycles. The Labute approximate surface area is 136 Å². The average Bonchev–Trinajstić information content (AvgIpc) is 2.45. The van der Waals surface area contributed by atoms with E-state index < -0.39 is 28.5 Å². The van der Waals surface area contributed by atoms with Crippen molar-refractivity contribution in [3.63, 3.8) is 0 Å². The average molecular weight is 346 g/mol. The Hall–Kier alpha value is -1.71. The molecule has 0 fully saturated rings.